The number of carboxylic acids is 1. The van der Waals surface area contributed by atoms with Crippen LogP contribution in [0.25, 0.3) is 0 Å². The van der Waals surface area contributed by atoms with E-state index in [0.29, 0.717) is 12.3 Å². The fraction of sp³-hybridized carbons (Fsp3) is 0.714. The first-order valence-electron chi connectivity index (χ1n) is 7.75. The van der Waals surface area contributed by atoms with Crippen LogP contribution in [0.1, 0.15) is 25.3 Å². The summed E-state index contributed by atoms with van der Waals surface area (Å²) < 4.78 is 38.8. The van der Waals surface area contributed by atoms with E-state index in [2.05, 4.69) is 29.4 Å². The van der Waals surface area contributed by atoms with E-state index < -0.39 is 43.1 Å². The molecular weight excluding hydrogens is 361 g/mol. The molecule has 7 nitrogen and oxygen atoms in total. The molecule has 0 unspecified atom stereocenters. The molecule has 2 N–H and O–H groups in total. The number of rotatable bonds is 5. The molecule has 140 valence electrons. The van der Waals surface area contributed by atoms with Gasteiger partial charge in [0.15, 0.2) is 0 Å². The largest absolute Gasteiger partial charge is 0.481 e. The van der Waals surface area contributed by atoms with Gasteiger partial charge in [-0.1, -0.05) is 25.2 Å². The number of amides is 2. The summed E-state index contributed by atoms with van der Waals surface area (Å²) >= 11 is 1.16. The van der Waals surface area contributed by atoms with Crippen LogP contribution >= 0.6 is 11.3 Å². The van der Waals surface area contributed by atoms with Gasteiger partial charge in [-0.05, 0) is 12.3 Å². The van der Waals surface area contributed by atoms with Gasteiger partial charge in [0.05, 0.1) is 11.8 Å². The van der Waals surface area contributed by atoms with E-state index in [4.69, 9.17) is 5.11 Å². The molecule has 1 aromatic rings. The number of nitrogens with zero attached hydrogens (tertiary/aromatic N) is 3. The van der Waals surface area contributed by atoms with Gasteiger partial charge in [0.2, 0.25) is 5.13 Å². The minimum atomic E-state index is -4.68. The van der Waals surface area contributed by atoms with Crippen molar-refractivity contribution in [1.82, 2.24) is 15.1 Å². The van der Waals surface area contributed by atoms with Gasteiger partial charge in [0, 0.05) is 19.5 Å². The monoisotopic (exact) mass is 380 g/mol. The normalized spacial score (nSPS) is 21.0. The molecule has 1 fully saturated rings. The molecule has 1 aromatic heterocycles. The number of hydrogen-bond donors (Lipinski definition) is 2. The lowest BCUT2D eigenvalue weighted by Crippen LogP contribution is -2.35. The second-order valence-electron chi connectivity index (χ2n) is 6.36. The van der Waals surface area contributed by atoms with Gasteiger partial charge < -0.3 is 10.0 Å². The van der Waals surface area contributed by atoms with Gasteiger partial charge in [0.1, 0.15) is 5.01 Å². The van der Waals surface area contributed by atoms with E-state index in [9.17, 15) is 22.8 Å². The van der Waals surface area contributed by atoms with Crippen LogP contribution in [0.5, 0.6) is 0 Å². The number of aromatic nitrogens is 2. The third-order valence-corrected chi connectivity index (χ3v) is 4.86. The van der Waals surface area contributed by atoms with Gasteiger partial charge in [0.25, 0.3) is 0 Å². The summed E-state index contributed by atoms with van der Waals surface area (Å²) in [6, 6.07) is -0.801. The van der Waals surface area contributed by atoms with E-state index in [1.807, 2.05) is 0 Å². The van der Waals surface area contributed by atoms with Gasteiger partial charge in [-0.15, -0.1) is 10.2 Å². The molecule has 0 radical (unpaired) electrons. The number of urea groups is 1. The standard InChI is InChI=1S/C14H19F3N4O3S/c1-7(2)3-4-10-19-20-12(25-10)18-13(24)21-5-8(11(22)23)9(6-21)14(15,16)17/h7-9H,3-6H2,1-2H3,(H,22,23)(H,18,20,24)/t8-,9-/m1/s1. The zero-order chi connectivity index (χ0) is 18.8. The van der Waals surface area contributed by atoms with Crippen molar-refractivity contribution in [3.8, 4) is 0 Å². The lowest BCUT2D eigenvalue weighted by molar-refractivity contribution is -0.187. The quantitative estimate of drug-likeness (QED) is 0.819. The Morgan fingerprint density at radius 2 is 2.04 bits per heavy atom. The fourth-order valence-electron chi connectivity index (χ4n) is 2.54. The average molecular weight is 380 g/mol. The highest BCUT2D eigenvalue weighted by Crippen LogP contribution is 2.38. The van der Waals surface area contributed by atoms with Crippen LogP contribution in [0.4, 0.5) is 23.1 Å². The first-order valence-corrected chi connectivity index (χ1v) is 8.57. The van der Waals surface area contributed by atoms with Crippen LogP contribution in [0.15, 0.2) is 0 Å². The van der Waals surface area contributed by atoms with Crippen molar-refractivity contribution < 1.29 is 27.9 Å². The highest BCUT2D eigenvalue weighted by molar-refractivity contribution is 7.15. The number of likely N-dealkylation sites (tertiary alicyclic amines) is 1. The number of hydrogen-bond acceptors (Lipinski definition) is 5. The molecule has 0 bridgehead atoms. The predicted molar refractivity (Wildman–Crippen MR) is 84.3 cm³/mol. The molecule has 2 amide bonds. The second kappa shape index (κ2) is 7.54. The lowest BCUT2D eigenvalue weighted by atomic mass is 9.96. The summed E-state index contributed by atoms with van der Waals surface area (Å²) in [6.07, 6.45) is -3.07. The number of nitrogens with one attached hydrogen (secondary N) is 1. The predicted octanol–water partition coefficient (Wildman–Crippen LogP) is 2.85. The number of carboxylic acid groups (broad SMARTS) is 1. The van der Waals surface area contributed by atoms with Crippen molar-refractivity contribution in [1.29, 1.82) is 0 Å². The van der Waals surface area contributed by atoms with Crippen molar-refractivity contribution in [2.24, 2.45) is 17.8 Å². The maximum absolute atomic E-state index is 12.9. The molecule has 1 saturated heterocycles. The summed E-state index contributed by atoms with van der Waals surface area (Å²) in [7, 11) is 0. The van der Waals surface area contributed by atoms with Crippen LogP contribution in [0, 0.1) is 17.8 Å². The number of carbonyl (C=O) groups is 2. The van der Waals surface area contributed by atoms with Crippen molar-refractivity contribution in [2.75, 3.05) is 18.4 Å². The van der Waals surface area contributed by atoms with E-state index in [0.717, 1.165) is 27.7 Å². The molecule has 0 aliphatic carbocycles. The second-order valence-corrected chi connectivity index (χ2v) is 7.42. The Labute approximate surface area is 146 Å². The zero-order valence-electron chi connectivity index (χ0n) is 13.7. The molecule has 0 spiro atoms. The SMILES string of the molecule is CC(C)CCc1nnc(NC(=O)N2C[C@@H](C(F)(F)F)[C@H](C(=O)O)C2)s1. The van der Waals surface area contributed by atoms with E-state index in [1.165, 1.54) is 0 Å². The Morgan fingerprint density at radius 1 is 1.36 bits per heavy atom. The smallest absolute Gasteiger partial charge is 0.394 e. The topological polar surface area (TPSA) is 95.4 Å². The van der Waals surface area contributed by atoms with Gasteiger partial charge in [-0.3, -0.25) is 10.1 Å². The molecule has 11 heteroatoms. The summed E-state index contributed by atoms with van der Waals surface area (Å²) in [5.74, 6) is -4.82. The third-order valence-electron chi connectivity index (χ3n) is 3.96. The minimum Gasteiger partial charge on any atom is -0.481 e. The molecule has 2 rings (SSSR count). The Balaban J connectivity index is 1.98. The van der Waals surface area contributed by atoms with Crippen LogP contribution in [-0.2, 0) is 11.2 Å². The Kier molecular flexibility index (Phi) is 5.86. The van der Waals surface area contributed by atoms with Crippen molar-refractivity contribution in [2.45, 2.75) is 32.9 Å². The van der Waals surface area contributed by atoms with E-state index >= 15 is 0 Å². The number of halogens is 3. The number of aryl methyl sites for hydroxylation is 1. The molecule has 2 atom stereocenters. The van der Waals surface area contributed by atoms with Gasteiger partial charge >= 0.3 is 18.2 Å². The Bertz CT molecular complexity index is 635. The van der Waals surface area contributed by atoms with Crippen molar-refractivity contribution in [3.05, 3.63) is 5.01 Å². The highest BCUT2D eigenvalue weighted by atomic mass is 32.1. The summed E-state index contributed by atoms with van der Waals surface area (Å²) in [4.78, 5) is 24.0. The number of carbonyl (C=O) groups excluding carboxylic acids is 1. The van der Waals surface area contributed by atoms with E-state index in [1.54, 1.807) is 0 Å². The summed E-state index contributed by atoms with van der Waals surface area (Å²) in [5, 5.41) is 20.0. The number of alkyl halides is 3. The molecule has 25 heavy (non-hydrogen) atoms. The minimum absolute atomic E-state index is 0.186. The molecular formula is C14H19F3N4O3S. The molecule has 0 saturated carbocycles. The highest BCUT2D eigenvalue weighted by Gasteiger charge is 2.53. The van der Waals surface area contributed by atoms with Gasteiger partial charge in [-0.2, -0.15) is 13.2 Å². The van der Waals surface area contributed by atoms with Crippen LogP contribution in [0.2, 0.25) is 0 Å². The molecule has 1 aliphatic rings. The average Bonchev–Trinajstić information content (AvgIpc) is 3.11. The third kappa shape index (κ3) is 5.03. The maximum atomic E-state index is 12.9. The summed E-state index contributed by atoms with van der Waals surface area (Å²) in [6.45, 7) is 2.94. The zero-order valence-corrected chi connectivity index (χ0v) is 14.5. The molecule has 0 aromatic carbocycles. The van der Waals surface area contributed by atoms with Crippen LogP contribution in [-0.4, -0.2) is 51.5 Å². The van der Waals surface area contributed by atoms with E-state index in [-0.39, 0.29) is 5.13 Å². The van der Waals surface area contributed by atoms with Crippen molar-refractivity contribution in [3.63, 3.8) is 0 Å². The first kappa shape index (κ1) is 19.4. The lowest BCUT2D eigenvalue weighted by Gasteiger charge is -2.18. The van der Waals surface area contributed by atoms with Crippen LogP contribution in [0.3, 0.4) is 0 Å². The molecule has 1 aliphatic heterocycles. The summed E-state index contributed by atoms with van der Waals surface area (Å²) in [5.41, 5.74) is 0. The van der Waals surface area contributed by atoms with Crippen molar-refractivity contribution >= 4 is 28.5 Å². The fourth-order valence-corrected chi connectivity index (χ4v) is 3.28. The Morgan fingerprint density at radius 3 is 2.56 bits per heavy atom. The first-order chi connectivity index (χ1) is 11.6. The van der Waals surface area contributed by atoms with Crippen LogP contribution < -0.4 is 5.32 Å². The molecule has 2 heterocycles. The Hall–Kier alpha value is -1.91. The maximum Gasteiger partial charge on any atom is 0.394 e. The van der Waals surface area contributed by atoms with Gasteiger partial charge in [-0.25, -0.2) is 4.79 Å². The number of anilines is 1. The number of aliphatic carboxylic acids is 1.